The van der Waals surface area contributed by atoms with Gasteiger partial charge in [-0.3, -0.25) is 5.43 Å². The molecule has 0 saturated carbocycles. The van der Waals surface area contributed by atoms with Gasteiger partial charge in [0.1, 0.15) is 17.0 Å². The molecule has 0 aliphatic heterocycles. The summed E-state index contributed by atoms with van der Waals surface area (Å²) in [5.41, 5.74) is 5.63. The number of anilines is 1. The fraction of sp³-hybridized carbons (Fsp3) is 0.409. The van der Waals surface area contributed by atoms with Gasteiger partial charge in [0.2, 0.25) is 0 Å². The molecular formula is C22H25FN4S. The van der Waals surface area contributed by atoms with E-state index >= 15 is 0 Å². The fourth-order valence-corrected chi connectivity index (χ4v) is 5.05. The average molecular weight is 397 g/mol. The minimum absolute atomic E-state index is 0.253. The number of nitrogens with zero attached hydrogens (tertiary/aromatic N) is 3. The Balaban J connectivity index is 1.63. The standard InChI is InChI=1S/C22H25FN4S/c1-4-22(2,3)15-7-10-18-17(11-15)19-20(24-13-25-21(19)28-18)27-26-12-14-5-8-16(23)9-6-14/h5-6,8-9,12-13,15H,4,7,10-11H2,1-3H3,(H,24,25,27)/b26-12+/t15-/m0/s1. The van der Waals surface area contributed by atoms with Crippen molar-refractivity contribution in [3.8, 4) is 0 Å². The number of nitrogens with one attached hydrogen (secondary N) is 1. The normalized spacial score (nSPS) is 17.2. The van der Waals surface area contributed by atoms with Crippen molar-refractivity contribution >= 4 is 33.6 Å². The van der Waals surface area contributed by atoms with Crippen LogP contribution in [0.4, 0.5) is 10.2 Å². The van der Waals surface area contributed by atoms with Crippen LogP contribution < -0.4 is 5.43 Å². The van der Waals surface area contributed by atoms with Crippen LogP contribution in [-0.4, -0.2) is 16.2 Å². The summed E-state index contributed by atoms with van der Waals surface area (Å²) >= 11 is 1.78. The monoisotopic (exact) mass is 396 g/mol. The number of thiophene rings is 1. The van der Waals surface area contributed by atoms with E-state index in [0.29, 0.717) is 11.3 Å². The van der Waals surface area contributed by atoms with Crippen molar-refractivity contribution in [3.63, 3.8) is 0 Å². The summed E-state index contributed by atoms with van der Waals surface area (Å²) in [5, 5.41) is 5.43. The van der Waals surface area contributed by atoms with Crippen LogP contribution in [0.25, 0.3) is 10.2 Å². The van der Waals surface area contributed by atoms with E-state index in [1.165, 1.54) is 35.4 Å². The molecule has 4 rings (SSSR count). The number of halogens is 1. The second-order valence-corrected chi connectivity index (χ2v) is 9.19. The zero-order chi connectivity index (χ0) is 19.7. The number of hydrogen-bond acceptors (Lipinski definition) is 5. The summed E-state index contributed by atoms with van der Waals surface area (Å²) in [5.74, 6) is 1.16. The predicted molar refractivity (Wildman–Crippen MR) is 115 cm³/mol. The highest BCUT2D eigenvalue weighted by Crippen LogP contribution is 2.45. The first-order valence-corrected chi connectivity index (χ1v) is 10.6. The molecule has 0 bridgehead atoms. The Morgan fingerprint density at radius 3 is 2.82 bits per heavy atom. The maximum atomic E-state index is 13.0. The second-order valence-electron chi connectivity index (χ2n) is 8.11. The number of aromatic nitrogens is 2. The number of hydrazone groups is 1. The van der Waals surface area contributed by atoms with E-state index in [9.17, 15) is 4.39 Å². The molecular weight excluding hydrogens is 371 g/mol. The van der Waals surface area contributed by atoms with E-state index in [1.807, 2.05) is 0 Å². The van der Waals surface area contributed by atoms with Gasteiger partial charge in [0.15, 0.2) is 5.82 Å². The molecule has 4 nitrogen and oxygen atoms in total. The molecule has 0 spiro atoms. The molecule has 3 aromatic rings. The second kappa shape index (κ2) is 7.59. The minimum atomic E-state index is -0.253. The lowest BCUT2D eigenvalue weighted by Gasteiger charge is -2.36. The van der Waals surface area contributed by atoms with Crippen molar-refractivity contribution in [2.75, 3.05) is 5.43 Å². The Bertz CT molecular complexity index is 1010. The van der Waals surface area contributed by atoms with Crippen molar-refractivity contribution in [1.82, 2.24) is 9.97 Å². The number of rotatable bonds is 5. The predicted octanol–water partition coefficient (Wildman–Crippen LogP) is 5.82. The van der Waals surface area contributed by atoms with Crippen molar-refractivity contribution in [2.24, 2.45) is 16.4 Å². The van der Waals surface area contributed by atoms with Gasteiger partial charge in [0.25, 0.3) is 0 Å². The molecule has 1 aliphatic rings. The maximum absolute atomic E-state index is 13.0. The van der Waals surface area contributed by atoms with Crippen molar-refractivity contribution in [1.29, 1.82) is 0 Å². The Morgan fingerprint density at radius 1 is 1.29 bits per heavy atom. The SMILES string of the molecule is CCC(C)(C)[C@H]1CCc2sc3ncnc(N/N=C/c4ccc(F)cc4)c3c2C1. The van der Waals surface area contributed by atoms with Crippen LogP contribution in [0.15, 0.2) is 35.7 Å². The molecule has 1 aromatic carbocycles. The summed E-state index contributed by atoms with van der Waals surface area (Å²) in [4.78, 5) is 11.4. The van der Waals surface area contributed by atoms with E-state index < -0.39 is 0 Å². The maximum Gasteiger partial charge on any atom is 0.158 e. The average Bonchev–Trinajstić information content (AvgIpc) is 3.08. The lowest BCUT2D eigenvalue weighted by atomic mass is 9.69. The smallest absolute Gasteiger partial charge is 0.158 e. The Kier molecular flexibility index (Phi) is 5.15. The Morgan fingerprint density at radius 2 is 2.07 bits per heavy atom. The highest BCUT2D eigenvalue weighted by molar-refractivity contribution is 7.19. The summed E-state index contributed by atoms with van der Waals surface area (Å²) in [6.45, 7) is 7.03. The van der Waals surface area contributed by atoms with Crippen LogP contribution in [0.3, 0.4) is 0 Å². The number of benzene rings is 1. The molecule has 1 atom stereocenters. The molecule has 6 heteroatoms. The van der Waals surface area contributed by atoms with Gasteiger partial charge in [-0.05, 0) is 53.9 Å². The van der Waals surface area contributed by atoms with Gasteiger partial charge in [-0.15, -0.1) is 11.3 Å². The Hall–Kier alpha value is -2.34. The number of hydrogen-bond donors (Lipinski definition) is 1. The highest BCUT2D eigenvalue weighted by Gasteiger charge is 2.33. The third-order valence-corrected chi connectivity index (χ3v) is 7.31. The summed E-state index contributed by atoms with van der Waals surface area (Å²) in [6.07, 6.45) is 7.86. The van der Waals surface area contributed by atoms with Crippen molar-refractivity contribution in [2.45, 2.75) is 46.5 Å². The van der Waals surface area contributed by atoms with E-state index in [-0.39, 0.29) is 5.82 Å². The molecule has 2 heterocycles. The molecule has 0 radical (unpaired) electrons. The van der Waals surface area contributed by atoms with Gasteiger partial charge in [0.05, 0.1) is 11.6 Å². The molecule has 1 aliphatic carbocycles. The summed E-state index contributed by atoms with van der Waals surface area (Å²) < 4.78 is 13.0. The molecule has 2 aromatic heterocycles. The lowest BCUT2D eigenvalue weighted by molar-refractivity contribution is 0.184. The van der Waals surface area contributed by atoms with Crippen molar-refractivity contribution < 1.29 is 4.39 Å². The quantitative estimate of drug-likeness (QED) is 0.437. The minimum Gasteiger partial charge on any atom is -0.261 e. The first-order chi connectivity index (χ1) is 13.5. The highest BCUT2D eigenvalue weighted by atomic mass is 32.1. The van der Waals surface area contributed by atoms with E-state index in [2.05, 4.69) is 41.3 Å². The van der Waals surface area contributed by atoms with Crippen LogP contribution in [0.1, 0.15) is 49.6 Å². The molecule has 0 fully saturated rings. The molecule has 28 heavy (non-hydrogen) atoms. The molecule has 0 amide bonds. The van der Waals surface area contributed by atoms with Crippen LogP contribution in [0.5, 0.6) is 0 Å². The van der Waals surface area contributed by atoms with Crippen molar-refractivity contribution in [3.05, 3.63) is 52.4 Å². The van der Waals surface area contributed by atoms with Gasteiger partial charge >= 0.3 is 0 Å². The molecule has 1 N–H and O–H groups in total. The van der Waals surface area contributed by atoms with E-state index in [0.717, 1.165) is 34.4 Å². The van der Waals surface area contributed by atoms with Gasteiger partial charge < -0.3 is 0 Å². The van der Waals surface area contributed by atoms with Gasteiger partial charge in [-0.1, -0.05) is 39.3 Å². The summed E-state index contributed by atoms with van der Waals surface area (Å²) in [6, 6.07) is 6.24. The first-order valence-electron chi connectivity index (χ1n) is 9.78. The van der Waals surface area contributed by atoms with Gasteiger partial charge in [-0.2, -0.15) is 5.10 Å². The van der Waals surface area contributed by atoms with Crippen LogP contribution in [0.2, 0.25) is 0 Å². The van der Waals surface area contributed by atoms with Crippen LogP contribution >= 0.6 is 11.3 Å². The Labute approximate surface area is 168 Å². The number of aryl methyl sites for hydroxylation is 1. The van der Waals surface area contributed by atoms with Crippen LogP contribution in [-0.2, 0) is 12.8 Å². The largest absolute Gasteiger partial charge is 0.261 e. The molecule has 0 unspecified atom stereocenters. The van der Waals surface area contributed by atoms with E-state index in [1.54, 1.807) is 36.0 Å². The first kappa shape index (κ1) is 19.0. The zero-order valence-electron chi connectivity index (χ0n) is 16.5. The third kappa shape index (κ3) is 3.65. The van der Waals surface area contributed by atoms with E-state index in [4.69, 9.17) is 0 Å². The van der Waals surface area contributed by atoms with Gasteiger partial charge in [-0.25, -0.2) is 14.4 Å². The molecule has 0 saturated heterocycles. The fourth-order valence-electron chi connectivity index (χ4n) is 3.87. The topological polar surface area (TPSA) is 50.2 Å². The molecule has 146 valence electrons. The third-order valence-electron chi connectivity index (χ3n) is 6.11. The summed E-state index contributed by atoms with van der Waals surface area (Å²) in [7, 11) is 0. The lowest BCUT2D eigenvalue weighted by Crippen LogP contribution is -2.28. The van der Waals surface area contributed by atoms with Crippen LogP contribution in [0, 0.1) is 17.2 Å². The number of fused-ring (bicyclic) bond motifs is 3. The van der Waals surface area contributed by atoms with Gasteiger partial charge in [0, 0.05) is 4.88 Å². The zero-order valence-corrected chi connectivity index (χ0v) is 17.3.